The molecule has 0 aromatic heterocycles. The first-order valence-corrected chi connectivity index (χ1v) is 2.90. The van der Waals surface area contributed by atoms with Gasteiger partial charge in [-0.15, -0.1) is 0 Å². The number of carbonyl (C=O) groups excluding carboxylic acids is 1. The summed E-state index contributed by atoms with van der Waals surface area (Å²) in [6, 6.07) is 0. The number of carboxylic acid groups (broad SMARTS) is 1. The Morgan fingerprint density at radius 2 is 1.90 bits per heavy atom. The van der Waals surface area contributed by atoms with Crippen LogP contribution in [0.4, 0.5) is 0 Å². The first-order chi connectivity index (χ1) is 4.16. The summed E-state index contributed by atoms with van der Waals surface area (Å²) < 4.78 is 0. The van der Waals surface area contributed by atoms with E-state index in [0.29, 0.717) is 6.42 Å². The average molecular weight is 325 g/mol. The van der Waals surface area contributed by atoms with E-state index in [0.717, 1.165) is 6.42 Å². The third-order valence-corrected chi connectivity index (χ3v) is 0.877. The Kier molecular flexibility index (Phi) is 8.68. The molecule has 3 nitrogen and oxygen atoms in total. The largest absolute Gasteiger partial charge is 0.481 e. The zero-order valence-electron chi connectivity index (χ0n) is 5.70. The predicted octanol–water partition coefficient (Wildman–Crippen LogP) is 0.828. The number of carbonyl (C=O) groups is 2. The van der Waals surface area contributed by atoms with Crippen LogP contribution in [0.1, 0.15) is 26.2 Å². The molecule has 0 saturated heterocycles. The zero-order valence-corrected chi connectivity index (χ0v) is 7.97. The van der Waals surface area contributed by atoms with Crippen LogP contribution in [-0.4, -0.2) is 16.9 Å². The van der Waals surface area contributed by atoms with Crippen molar-refractivity contribution >= 4 is 11.8 Å². The van der Waals surface area contributed by atoms with Crippen LogP contribution in [-0.2, 0) is 30.7 Å². The second-order valence-electron chi connectivity index (χ2n) is 1.86. The molecule has 0 atom stereocenters. The number of aliphatic carboxylic acids is 1. The van der Waals surface area contributed by atoms with E-state index in [2.05, 4.69) is 0 Å². The molecule has 0 aromatic carbocycles. The summed E-state index contributed by atoms with van der Waals surface area (Å²) in [6.07, 6.45) is 0.784. The first-order valence-electron chi connectivity index (χ1n) is 2.90. The summed E-state index contributed by atoms with van der Waals surface area (Å²) in [7, 11) is 0. The Morgan fingerprint density at radius 3 is 2.20 bits per heavy atom. The fourth-order valence-corrected chi connectivity index (χ4v) is 0.536. The van der Waals surface area contributed by atoms with E-state index in [9.17, 15) is 9.59 Å². The molecule has 10 heavy (non-hydrogen) atoms. The molecular weight excluding hydrogens is 315 g/mol. The molecule has 0 amide bonds. The van der Waals surface area contributed by atoms with Gasteiger partial charge in [0.2, 0.25) is 0 Å². The van der Waals surface area contributed by atoms with E-state index >= 15 is 0 Å². The van der Waals surface area contributed by atoms with Crippen LogP contribution in [0.3, 0.4) is 0 Å². The molecule has 0 saturated carbocycles. The van der Waals surface area contributed by atoms with Crippen molar-refractivity contribution in [3.05, 3.63) is 0 Å². The molecule has 0 aliphatic carbocycles. The van der Waals surface area contributed by atoms with Crippen LogP contribution in [0, 0.1) is 0 Å². The average Bonchev–Trinajstić information content (AvgIpc) is 1.63. The number of Topliss-reactive ketones (excluding diaryl/α,β-unsaturated/α-hetero) is 1. The van der Waals surface area contributed by atoms with E-state index in [-0.39, 0.29) is 33.3 Å². The molecule has 0 rings (SSSR count). The number of rotatable bonds is 4. The molecule has 0 unspecified atom stereocenters. The third-order valence-electron chi connectivity index (χ3n) is 0.877. The van der Waals surface area contributed by atoms with E-state index in [1.807, 2.05) is 6.92 Å². The normalized spacial score (nSPS) is 8.10. The molecule has 0 spiro atoms. The van der Waals surface area contributed by atoms with Gasteiger partial charge in [0.25, 0.3) is 0 Å². The van der Waals surface area contributed by atoms with E-state index in [4.69, 9.17) is 5.11 Å². The van der Waals surface area contributed by atoms with Crippen molar-refractivity contribution in [2.75, 3.05) is 0 Å². The molecule has 0 aromatic rings. The van der Waals surface area contributed by atoms with Gasteiger partial charge >= 0.3 is 5.97 Å². The summed E-state index contributed by atoms with van der Waals surface area (Å²) >= 11 is 0. The Bertz CT molecular complexity index is 122. The number of carboxylic acids is 1. The fraction of sp³-hybridized carbons (Fsp3) is 0.667. The van der Waals surface area contributed by atoms with Gasteiger partial charge < -0.3 is 5.11 Å². The molecule has 0 aliphatic heterocycles. The van der Waals surface area contributed by atoms with Gasteiger partial charge in [0, 0.05) is 27.5 Å². The van der Waals surface area contributed by atoms with Gasteiger partial charge in [-0.25, -0.2) is 0 Å². The van der Waals surface area contributed by atoms with Gasteiger partial charge in [0.05, 0.1) is 0 Å². The van der Waals surface area contributed by atoms with Crippen molar-refractivity contribution in [3.63, 3.8) is 0 Å². The van der Waals surface area contributed by atoms with Crippen molar-refractivity contribution in [3.8, 4) is 0 Å². The Hall–Kier alpha value is -0.172. The zero-order chi connectivity index (χ0) is 7.28. The van der Waals surface area contributed by atoms with Crippen molar-refractivity contribution in [2.24, 2.45) is 0 Å². The predicted molar refractivity (Wildman–Crippen MR) is 32.2 cm³/mol. The molecule has 0 radical (unpaired) electrons. The van der Waals surface area contributed by atoms with E-state index in [1.54, 1.807) is 0 Å². The Morgan fingerprint density at radius 1 is 1.40 bits per heavy atom. The molecule has 4 heteroatoms. The molecule has 1 N–H and O–H groups in total. The standard InChI is InChI=1S/C6H10O3.Pt/c1-2-3-5(7)4-6(8)9;/h2-4H2,1H3,(H,8,9);. The minimum atomic E-state index is -1.03. The van der Waals surface area contributed by atoms with Gasteiger partial charge in [0.1, 0.15) is 12.2 Å². The fourth-order valence-electron chi connectivity index (χ4n) is 0.536. The first kappa shape index (κ1) is 12.5. The number of hydrogen-bond donors (Lipinski definition) is 1. The second kappa shape index (κ2) is 6.94. The third kappa shape index (κ3) is 7.83. The van der Waals surface area contributed by atoms with Crippen molar-refractivity contribution < 1.29 is 35.8 Å². The Balaban J connectivity index is 0. The Labute approximate surface area is 74.1 Å². The van der Waals surface area contributed by atoms with Crippen LogP contribution >= 0.6 is 0 Å². The van der Waals surface area contributed by atoms with Crippen LogP contribution < -0.4 is 0 Å². The van der Waals surface area contributed by atoms with E-state index in [1.165, 1.54) is 0 Å². The maximum absolute atomic E-state index is 10.5. The minimum absolute atomic E-state index is 0. The molecule has 0 fully saturated rings. The van der Waals surface area contributed by atoms with Gasteiger partial charge in [-0.2, -0.15) is 0 Å². The summed E-state index contributed by atoms with van der Waals surface area (Å²) in [5, 5.41) is 8.09. The molecule has 0 bridgehead atoms. The monoisotopic (exact) mass is 325 g/mol. The smallest absolute Gasteiger partial charge is 0.310 e. The van der Waals surface area contributed by atoms with Gasteiger partial charge in [-0.3, -0.25) is 9.59 Å². The maximum Gasteiger partial charge on any atom is 0.310 e. The molecular formula is C6H10O3Pt. The molecule has 62 valence electrons. The van der Waals surface area contributed by atoms with Gasteiger partial charge in [-0.05, 0) is 6.42 Å². The van der Waals surface area contributed by atoms with Crippen molar-refractivity contribution in [2.45, 2.75) is 26.2 Å². The van der Waals surface area contributed by atoms with Gasteiger partial charge in [-0.1, -0.05) is 6.92 Å². The summed E-state index contributed by atoms with van der Waals surface area (Å²) in [5.74, 6) is -1.22. The van der Waals surface area contributed by atoms with Crippen LogP contribution in [0.25, 0.3) is 0 Å². The number of ketones is 1. The van der Waals surface area contributed by atoms with Crippen molar-refractivity contribution in [1.29, 1.82) is 0 Å². The second-order valence-corrected chi connectivity index (χ2v) is 1.86. The number of hydrogen-bond acceptors (Lipinski definition) is 2. The van der Waals surface area contributed by atoms with E-state index < -0.39 is 5.97 Å². The molecule has 0 heterocycles. The maximum atomic E-state index is 10.5. The van der Waals surface area contributed by atoms with Crippen molar-refractivity contribution in [1.82, 2.24) is 0 Å². The molecule has 0 aliphatic rings. The van der Waals surface area contributed by atoms with Crippen LogP contribution in [0.5, 0.6) is 0 Å². The summed E-state index contributed by atoms with van der Waals surface area (Å²) in [4.78, 5) is 20.3. The van der Waals surface area contributed by atoms with Gasteiger partial charge in [0.15, 0.2) is 0 Å². The van der Waals surface area contributed by atoms with Crippen LogP contribution in [0.2, 0.25) is 0 Å². The quantitative estimate of drug-likeness (QED) is 0.779. The summed E-state index contributed by atoms with van der Waals surface area (Å²) in [6.45, 7) is 1.85. The SMILES string of the molecule is CCCC(=O)CC(=O)O.[Pt]. The summed E-state index contributed by atoms with van der Waals surface area (Å²) in [5.41, 5.74) is 0. The minimum Gasteiger partial charge on any atom is -0.481 e. The topological polar surface area (TPSA) is 54.4 Å². The van der Waals surface area contributed by atoms with Crippen LogP contribution in [0.15, 0.2) is 0 Å².